The van der Waals surface area contributed by atoms with E-state index in [2.05, 4.69) is 35.2 Å². The number of carbonyl (C=O) groups is 1. The summed E-state index contributed by atoms with van der Waals surface area (Å²) < 4.78 is 8.45. The number of nitrogens with one attached hydrogen (secondary N) is 2. The fourth-order valence-corrected chi connectivity index (χ4v) is 3.49. The van der Waals surface area contributed by atoms with Crippen LogP contribution in [0.3, 0.4) is 0 Å². The zero-order valence-corrected chi connectivity index (χ0v) is 17.0. The minimum absolute atomic E-state index is 0. The molecule has 2 aromatic carbocycles. The van der Waals surface area contributed by atoms with Crippen molar-refractivity contribution in [2.45, 2.75) is 13.8 Å². The quantitative estimate of drug-likeness (QED) is 0.109. The summed E-state index contributed by atoms with van der Waals surface area (Å²) in [4.78, 5) is 16.6. The number of hydrazine groups is 1. The molecule has 150 valence electrons. The topological polar surface area (TPSA) is 96.2 Å². The van der Waals surface area contributed by atoms with Crippen molar-refractivity contribution in [1.29, 1.82) is 0 Å². The minimum atomic E-state index is -0.498. The van der Waals surface area contributed by atoms with Crippen molar-refractivity contribution in [3.8, 4) is 11.5 Å². The lowest BCUT2D eigenvalue weighted by atomic mass is 10.1. The third-order valence-corrected chi connectivity index (χ3v) is 4.88. The average Bonchev–Trinajstić information content (AvgIpc) is 2.73. The number of carbonyl (C=O) groups excluding carboxylic acids is 1. The number of aromatic nitrogens is 1. The molecular weight excluding hydrogens is 390 g/mol. The lowest BCUT2D eigenvalue weighted by Gasteiger charge is -2.12. The van der Waals surface area contributed by atoms with E-state index in [9.17, 15) is 4.79 Å². The van der Waals surface area contributed by atoms with E-state index >= 15 is 0 Å². The Morgan fingerprint density at radius 2 is 1.83 bits per heavy atom. The molecule has 4 N–H and O–H groups in total. The first-order valence-electron chi connectivity index (χ1n) is 9.26. The predicted molar refractivity (Wildman–Crippen MR) is 111 cm³/mol. The fourth-order valence-electron chi connectivity index (χ4n) is 3.49. The number of amides is 2. The van der Waals surface area contributed by atoms with Crippen molar-refractivity contribution in [2.75, 3.05) is 18.4 Å². The van der Waals surface area contributed by atoms with Crippen molar-refractivity contribution in [3.63, 3.8) is 0 Å². The van der Waals surface area contributed by atoms with E-state index in [0.29, 0.717) is 17.0 Å². The fraction of sp³-hybridized carbons (Fsp3) is 0.190. The van der Waals surface area contributed by atoms with Crippen LogP contribution in [0.2, 0.25) is 0 Å². The van der Waals surface area contributed by atoms with Gasteiger partial charge in [-0.25, -0.2) is 20.2 Å². The van der Waals surface area contributed by atoms with E-state index in [1.165, 1.54) is 0 Å². The Hall–Kier alpha value is -3.16. The smallest absolute Gasteiger partial charge is 0.333 e. The van der Waals surface area contributed by atoms with Gasteiger partial charge in [0.15, 0.2) is 11.3 Å². The summed E-state index contributed by atoms with van der Waals surface area (Å²) in [5, 5.41) is 5.59. The van der Waals surface area contributed by atoms with E-state index in [1.54, 1.807) is 6.07 Å². The molecular formula is C21H22ClN5O2. The van der Waals surface area contributed by atoms with E-state index in [0.717, 1.165) is 40.4 Å². The van der Waals surface area contributed by atoms with E-state index in [-0.39, 0.29) is 12.4 Å². The highest BCUT2D eigenvalue weighted by atomic mass is 35.5. The standard InChI is InChI=1S/C21H21N5O2.ClH/c1-3-26(4-2)13-9-10-16-18(11-13)28-19-12-17(24-21(27)25-22)14-7-5-6-8-15(14)20(19)23-16;/h5-12H,3-4H2,1-2H3,(H3,22,23,24,25,27);1H. The van der Waals surface area contributed by atoms with Gasteiger partial charge in [-0.2, -0.15) is 0 Å². The molecule has 0 saturated heterocycles. The van der Waals surface area contributed by atoms with E-state index in [4.69, 9.17) is 15.2 Å². The number of anilines is 1. The van der Waals surface area contributed by atoms with Crippen LogP contribution in [-0.4, -0.2) is 24.1 Å². The van der Waals surface area contributed by atoms with Gasteiger partial charge in [0, 0.05) is 22.9 Å². The van der Waals surface area contributed by atoms with Gasteiger partial charge in [-0.3, -0.25) is 5.43 Å². The number of hydrogen-bond acceptors (Lipinski definition) is 4. The highest BCUT2D eigenvalue weighted by Gasteiger charge is 2.16. The molecule has 4 rings (SSSR count). The van der Waals surface area contributed by atoms with Gasteiger partial charge in [0.25, 0.3) is 0 Å². The summed E-state index contributed by atoms with van der Waals surface area (Å²) in [5.74, 6) is 5.92. The van der Waals surface area contributed by atoms with Crippen LogP contribution in [0.4, 0.5) is 10.5 Å². The molecule has 2 aromatic rings. The molecule has 2 amide bonds. The molecule has 1 heterocycles. The van der Waals surface area contributed by atoms with Gasteiger partial charge in [-0.15, -0.1) is 0 Å². The summed E-state index contributed by atoms with van der Waals surface area (Å²) in [6.07, 6.45) is 0. The zero-order valence-electron chi connectivity index (χ0n) is 16.2. The molecule has 29 heavy (non-hydrogen) atoms. The molecule has 0 unspecified atom stereocenters. The number of nitrogens with two attached hydrogens (primary N) is 1. The Morgan fingerprint density at radius 1 is 1.10 bits per heavy atom. The van der Waals surface area contributed by atoms with Crippen LogP contribution < -0.4 is 38.9 Å². The Labute approximate surface area is 174 Å². The van der Waals surface area contributed by atoms with Gasteiger partial charge in [0.2, 0.25) is 5.36 Å². The summed E-state index contributed by atoms with van der Waals surface area (Å²) in [5.41, 5.74) is 4.82. The maximum atomic E-state index is 11.8. The minimum Gasteiger partial charge on any atom is -1.00 e. The summed E-state index contributed by atoms with van der Waals surface area (Å²) in [6, 6.07) is 15.1. The maximum absolute atomic E-state index is 11.8. The van der Waals surface area contributed by atoms with Crippen molar-refractivity contribution in [3.05, 3.63) is 53.9 Å². The van der Waals surface area contributed by atoms with Gasteiger partial charge in [0.05, 0.1) is 11.8 Å². The molecule has 8 heteroatoms. The number of urea groups is 1. The van der Waals surface area contributed by atoms with Crippen molar-refractivity contribution in [1.82, 2.24) is 15.0 Å². The summed E-state index contributed by atoms with van der Waals surface area (Å²) in [7, 11) is 0. The molecule has 0 atom stereocenters. The van der Waals surface area contributed by atoms with Gasteiger partial charge in [-0.05, 0) is 19.9 Å². The Morgan fingerprint density at radius 3 is 2.52 bits per heavy atom. The number of hydrogen-bond donors (Lipinski definition) is 3. The van der Waals surface area contributed by atoms with Gasteiger partial charge in [0.1, 0.15) is 24.3 Å². The highest BCUT2D eigenvalue weighted by Crippen LogP contribution is 2.33. The van der Waals surface area contributed by atoms with Crippen LogP contribution in [0.25, 0.3) is 33.3 Å². The van der Waals surface area contributed by atoms with Gasteiger partial charge < -0.3 is 22.1 Å². The van der Waals surface area contributed by atoms with Gasteiger partial charge in [-0.1, -0.05) is 24.3 Å². The normalized spacial score (nSPS) is 10.7. The lowest BCUT2D eigenvalue weighted by Crippen LogP contribution is -3.00. The van der Waals surface area contributed by atoms with Crippen LogP contribution in [0.5, 0.6) is 0 Å². The molecule has 0 saturated carbocycles. The van der Waals surface area contributed by atoms with Crippen molar-refractivity contribution in [2.24, 2.45) is 5.84 Å². The third kappa shape index (κ3) is 3.74. The first-order valence-corrected chi connectivity index (χ1v) is 9.26. The second-order valence-electron chi connectivity index (χ2n) is 6.45. The zero-order chi connectivity index (χ0) is 19.7. The number of benzene rings is 3. The van der Waals surface area contributed by atoms with Crippen LogP contribution in [-0.2, 0) is 0 Å². The van der Waals surface area contributed by atoms with E-state index in [1.807, 2.05) is 36.4 Å². The van der Waals surface area contributed by atoms with Crippen molar-refractivity contribution >= 4 is 33.6 Å². The first-order chi connectivity index (χ1) is 13.6. The number of halogens is 1. The largest absolute Gasteiger partial charge is 1.00 e. The maximum Gasteiger partial charge on any atom is 0.333 e. The van der Waals surface area contributed by atoms with Crippen LogP contribution in [0, 0.1) is 0 Å². The van der Waals surface area contributed by atoms with Crippen LogP contribution in [0.1, 0.15) is 13.8 Å². The molecule has 0 spiro atoms. The molecule has 1 aliphatic heterocycles. The lowest BCUT2D eigenvalue weighted by molar-refractivity contribution is -0.00000929. The number of rotatable bonds is 3. The summed E-state index contributed by atoms with van der Waals surface area (Å²) >= 11 is 0. The highest BCUT2D eigenvalue weighted by molar-refractivity contribution is 6.12. The average molecular weight is 412 g/mol. The molecule has 2 aliphatic rings. The second kappa shape index (κ2) is 8.46. The molecule has 1 aliphatic carbocycles. The van der Waals surface area contributed by atoms with Crippen molar-refractivity contribution < 1.29 is 21.6 Å². The molecule has 0 radical (unpaired) electrons. The Balaban J connectivity index is 0.00000240. The number of nitrogens with zero attached hydrogens (tertiary/aromatic N) is 2. The Kier molecular flexibility index (Phi) is 6.00. The SMILES string of the molecule is CC[N+](CC)=c1ccc2nc3c(cc(NC(=O)NN)c4ccccc43)oc-2c1.[Cl-]. The molecule has 0 bridgehead atoms. The van der Waals surface area contributed by atoms with E-state index < -0.39 is 6.03 Å². The van der Waals surface area contributed by atoms with Crippen LogP contribution >= 0.6 is 0 Å². The number of fused-ring (bicyclic) bond motifs is 4. The third-order valence-electron chi connectivity index (χ3n) is 4.88. The monoisotopic (exact) mass is 411 g/mol. The molecule has 0 aromatic heterocycles. The second-order valence-corrected chi connectivity index (χ2v) is 6.45. The predicted octanol–water partition coefficient (Wildman–Crippen LogP) is -0.103. The Bertz CT molecular complexity index is 1230. The first kappa shape index (κ1) is 20.6. The van der Waals surface area contributed by atoms with Crippen LogP contribution in [0.15, 0.2) is 52.9 Å². The summed E-state index contributed by atoms with van der Waals surface area (Å²) in [6.45, 7) is 6.07. The van der Waals surface area contributed by atoms with Gasteiger partial charge >= 0.3 is 6.03 Å². The molecule has 0 fully saturated rings. The molecule has 7 nitrogen and oxygen atoms in total.